The molecule has 0 aliphatic rings. The molecule has 4 aromatic rings. The second-order valence-corrected chi connectivity index (χ2v) is 7.15. The van der Waals surface area contributed by atoms with Gasteiger partial charge in [-0.2, -0.15) is 5.10 Å². The SMILES string of the molecule is CCOc1cc(F)c(Cn2nc(-c3nc(Cl)cc(COC)n3)c3ccccc32)c(F)c1. The minimum absolute atomic E-state index is 0.115. The van der Waals surface area contributed by atoms with Crippen LogP contribution in [-0.2, 0) is 17.9 Å². The molecule has 4 rings (SSSR count). The quantitative estimate of drug-likeness (QED) is 0.375. The predicted octanol–water partition coefficient (Wildman–Crippen LogP) is 5.02. The zero-order chi connectivity index (χ0) is 22.0. The third-order valence-corrected chi connectivity index (χ3v) is 4.84. The molecule has 160 valence electrons. The number of hydrogen-bond donors (Lipinski definition) is 0. The number of para-hydroxylation sites is 1. The number of methoxy groups -OCH3 is 1. The summed E-state index contributed by atoms with van der Waals surface area (Å²) >= 11 is 6.15. The second kappa shape index (κ2) is 8.95. The third kappa shape index (κ3) is 4.35. The fourth-order valence-electron chi connectivity index (χ4n) is 3.34. The normalized spacial score (nSPS) is 11.3. The van der Waals surface area contributed by atoms with Crippen molar-refractivity contribution in [2.24, 2.45) is 0 Å². The summed E-state index contributed by atoms with van der Waals surface area (Å²) in [5.41, 5.74) is 1.62. The van der Waals surface area contributed by atoms with Crippen LogP contribution in [0.5, 0.6) is 5.75 Å². The van der Waals surface area contributed by atoms with Crippen molar-refractivity contribution in [1.29, 1.82) is 0 Å². The molecule has 0 radical (unpaired) electrons. The highest BCUT2D eigenvalue weighted by Gasteiger charge is 2.19. The van der Waals surface area contributed by atoms with E-state index >= 15 is 0 Å². The molecule has 0 N–H and O–H groups in total. The van der Waals surface area contributed by atoms with E-state index in [1.54, 1.807) is 20.1 Å². The lowest BCUT2D eigenvalue weighted by Gasteiger charge is -2.09. The molecule has 9 heteroatoms. The molecule has 0 bridgehead atoms. The van der Waals surface area contributed by atoms with Crippen molar-refractivity contribution < 1.29 is 18.3 Å². The van der Waals surface area contributed by atoms with Crippen molar-refractivity contribution in [3.05, 3.63) is 70.5 Å². The smallest absolute Gasteiger partial charge is 0.182 e. The van der Waals surface area contributed by atoms with Crippen molar-refractivity contribution in [2.45, 2.75) is 20.1 Å². The average Bonchev–Trinajstić information content (AvgIpc) is 3.09. The number of benzene rings is 2. The van der Waals surface area contributed by atoms with E-state index in [0.29, 0.717) is 29.3 Å². The van der Waals surface area contributed by atoms with Crippen LogP contribution in [0.4, 0.5) is 8.78 Å². The maximum atomic E-state index is 14.6. The fourth-order valence-corrected chi connectivity index (χ4v) is 3.54. The second-order valence-electron chi connectivity index (χ2n) is 6.76. The molecule has 0 atom stereocenters. The average molecular weight is 445 g/mol. The van der Waals surface area contributed by atoms with Crippen molar-refractivity contribution in [2.75, 3.05) is 13.7 Å². The van der Waals surface area contributed by atoms with Crippen LogP contribution in [0.15, 0.2) is 42.5 Å². The molecule has 0 unspecified atom stereocenters. The lowest BCUT2D eigenvalue weighted by Crippen LogP contribution is -2.07. The van der Waals surface area contributed by atoms with Gasteiger partial charge in [0.2, 0.25) is 0 Å². The van der Waals surface area contributed by atoms with Gasteiger partial charge in [0.1, 0.15) is 28.2 Å². The Kier molecular flexibility index (Phi) is 6.11. The van der Waals surface area contributed by atoms with Crippen LogP contribution in [0, 0.1) is 11.6 Å². The minimum atomic E-state index is -0.703. The Labute approximate surface area is 182 Å². The lowest BCUT2D eigenvalue weighted by atomic mass is 10.1. The number of nitrogens with zero attached hydrogens (tertiary/aromatic N) is 4. The van der Waals surface area contributed by atoms with E-state index in [0.717, 1.165) is 5.39 Å². The van der Waals surface area contributed by atoms with E-state index in [1.807, 2.05) is 24.3 Å². The Morgan fingerprint density at radius 3 is 2.52 bits per heavy atom. The molecule has 31 heavy (non-hydrogen) atoms. The lowest BCUT2D eigenvalue weighted by molar-refractivity contribution is 0.181. The molecule has 2 aromatic heterocycles. The zero-order valence-corrected chi connectivity index (χ0v) is 17.7. The number of aromatic nitrogens is 4. The van der Waals surface area contributed by atoms with Crippen molar-refractivity contribution in [3.63, 3.8) is 0 Å². The van der Waals surface area contributed by atoms with Gasteiger partial charge in [-0.1, -0.05) is 29.8 Å². The topological polar surface area (TPSA) is 62.1 Å². The molecule has 0 saturated carbocycles. The van der Waals surface area contributed by atoms with E-state index in [9.17, 15) is 8.78 Å². The van der Waals surface area contributed by atoms with Crippen LogP contribution in [0.3, 0.4) is 0 Å². The molecule has 0 aliphatic heterocycles. The van der Waals surface area contributed by atoms with Crippen LogP contribution in [-0.4, -0.2) is 33.5 Å². The molecule has 6 nitrogen and oxygen atoms in total. The number of ether oxygens (including phenoxy) is 2. The van der Waals surface area contributed by atoms with Gasteiger partial charge in [0.05, 0.1) is 31.0 Å². The zero-order valence-electron chi connectivity index (χ0n) is 16.9. The summed E-state index contributed by atoms with van der Waals surface area (Å²) in [6.45, 7) is 2.21. The first-order valence-corrected chi connectivity index (χ1v) is 9.97. The maximum Gasteiger partial charge on any atom is 0.182 e. The number of hydrogen-bond acceptors (Lipinski definition) is 5. The summed E-state index contributed by atoms with van der Waals surface area (Å²) in [6, 6.07) is 11.3. The Morgan fingerprint density at radius 1 is 1.06 bits per heavy atom. The number of fused-ring (bicyclic) bond motifs is 1. The Balaban J connectivity index is 1.80. The highest BCUT2D eigenvalue weighted by molar-refractivity contribution is 6.29. The van der Waals surface area contributed by atoms with Crippen LogP contribution in [0.1, 0.15) is 18.2 Å². The number of rotatable bonds is 7. The Bertz CT molecular complexity index is 1220. The monoisotopic (exact) mass is 444 g/mol. The first-order chi connectivity index (χ1) is 15.0. The van der Waals surface area contributed by atoms with Crippen LogP contribution >= 0.6 is 11.6 Å². The largest absolute Gasteiger partial charge is 0.494 e. The molecule has 0 saturated heterocycles. The van der Waals surface area contributed by atoms with Crippen molar-refractivity contribution in [1.82, 2.24) is 19.7 Å². The van der Waals surface area contributed by atoms with Gasteiger partial charge in [-0.05, 0) is 19.1 Å². The van der Waals surface area contributed by atoms with E-state index in [-0.39, 0.29) is 29.6 Å². The molecule has 0 spiro atoms. The van der Waals surface area contributed by atoms with Crippen molar-refractivity contribution >= 4 is 22.5 Å². The van der Waals surface area contributed by atoms with E-state index in [1.165, 1.54) is 16.8 Å². The summed E-state index contributed by atoms with van der Waals surface area (Å²) in [4.78, 5) is 8.75. The fraction of sp³-hybridized carbons (Fsp3) is 0.227. The van der Waals surface area contributed by atoms with Crippen molar-refractivity contribution in [3.8, 4) is 17.3 Å². The van der Waals surface area contributed by atoms with Crippen LogP contribution < -0.4 is 4.74 Å². The van der Waals surface area contributed by atoms with E-state index in [4.69, 9.17) is 21.1 Å². The molecule has 2 heterocycles. The summed E-state index contributed by atoms with van der Waals surface area (Å²) in [7, 11) is 1.56. The first kappa shape index (κ1) is 21.1. The van der Waals surface area contributed by atoms with Gasteiger partial charge in [0.25, 0.3) is 0 Å². The summed E-state index contributed by atoms with van der Waals surface area (Å²) in [5.74, 6) is -0.954. The highest BCUT2D eigenvalue weighted by Crippen LogP contribution is 2.29. The summed E-state index contributed by atoms with van der Waals surface area (Å²) in [6.07, 6.45) is 0. The van der Waals surface area contributed by atoms with Crippen LogP contribution in [0.25, 0.3) is 22.4 Å². The Morgan fingerprint density at radius 2 is 1.81 bits per heavy atom. The maximum absolute atomic E-state index is 14.6. The van der Waals surface area contributed by atoms with Gasteiger partial charge in [-0.25, -0.2) is 18.7 Å². The van der Waals surface area contributed by atoms with Gasteiger partial charge in [-0.15, -0.1) is 0 Å². The predicted molar refractivity (Wildman–Crippen MR) is 113 cm³/mol. The molecular formula is C22H19ClF2N4O2. The van der Waals surface area contributed by atoms with Gasteiger partial charge in [-0.3, -0.25) is 4.68 Å². The summed E-state index contributed by atoms with van der Waals surface area (Å²) < 4.78 is 41.1. The minimum Gasteiger partial charge on any atom is -0.494 e. The van der Waals surface area contributed by atoms with Gasteiger partial charge < -0.3 is 9.47 Å². The van der Waals surface area contributed by atoms with Crippen LogP contribution in [0.2, 0.25) is 5.15 Å². The third-order valence-electron chi connectivity index (χ3n) is 4.64. The summed E-state index contributed by atoms with van der Waals surface area (Å²) in [5, 5.41) is 5.55. The Hall–Kier alpha value is -3.10. The molecule has 0 aliphatic carbocycles. The van der Waals surface area contributed by atoms with Gasteiger partial charge in [0, 0.05) is 30.2 Å². The van der Waals surface area contributed by atoms with E-state index in [2.05, 4.69) is 15.1 Å². The molecule has 2 aromatic carbocycles. The first-order valence-electron chi connectivity index (χ1n) is 9.59. The van der Waals surface area contributed by atoms with E-state index < -0.39 is 11.6 Å². The highest BCUT2D eigenvalue weighted by atomic mass is 35.5. The number of halogens is 3. The van der Waals surface area contributed by atoms with Gasteiger partial charge >= 0.3 is 0 Å². The van der Waals surface area contributed by atoms with Gasteiger partial charge in [0.15, 0.2) is 5.82 Å². The molecular weight excluding hydrogens is 426 g/mol. The molecule has 0 amide bonds. The standard InChI is InChI=1S/C22H19ClF2N4O2/c1-3-31-14-9-17(24)16(18(25)10-14)11-29-19-7-5-4-6-15(19)21(28-29)22-26-13(12-30-2)8-20(23)27-22/h4-10H,3,11-12H2,1-2H3. The molecule has 0 fully saturated rings.